The van der Waals surface area contributed by atoms with Crippen molar-refractivity contribution in [1.29, 1.82) is 0 Å². The summed E-state index contributed by atoms with van der Waals surface area (Å²) in [5, 5.41) is 0. The van der Waals surface area contributed by atoms with E-state index in [1.165, 1.54) is 14.7 Å². The van der Waals surface area contributed by atoms with E-state index in [9.17, 15) is 0 Å². The smallest absolute Gasteiger partial charge is 1.00 e. The van der Waals surface area contributed by atoms with Crippen molar-refractivity contribution in [2.24, 2.45) is 0 Å². The van der Waals surface area contributed by atoms with Crippen LogP contribution < -0.4 is 24.0 Å². The minimum Gasteiger partial charge on any atom is -1.00 e. The Morgan fingerprint density at radius 1 is 0.722 bits per heavy atom. The van der Waals surface area contributed by atoms with E-state index in [1.807, 2.05) is 6.07 Å². The molecule has 3 rings (SSSR count). The molecule has 0 aliphatic carbocycles. The number of hydrogen-bond acceptors (Lipinski definition) is 0. The van der Waals surface area contributed by atoms with Gasteiger partial charge in [0.2, 0.25) is 0 Å². The van der Waals surface area contributed by atoms with Crippen LogP contribution in [0.4, 0.5) is 0 Å². The Kier molecular flexibility index (Phi) is 4.99. The first-order chi connectivity index (χ1) is 8.43. The summed E-state index contributed by atoms with van der Waals surface area (Å²) in [7, 11) is 0. The van der Waals surface area contributed by atoms with Crippen molar-refractivity contribution in [3.05, 3.63) is 77.9 Å². The zero-order chi connectivity index (χ0) is 11.5. The van der Waals surface area contributed by atoms with E-state index >= 15 is 0 Å². The molecule has 0 bridgehead atoms. The van der Waals surface area contributed by atoms with Crippen molar-refractivity contribution in [1.82, 2.24) is 0 Å². The standard InChI is InChI=1S/C15H12OTe.HI/c1-3-7-12(8-4-1)14-11-15(17-16-14)13-9-5-2-6-10-13;/h1-11,16H;1H/q+1;/p-1. The minimum absolute atomic E-state index is 0. The molecule has 0 amide bonds. The molecule has 1 nitrogen and oxygen atoms in total. The second kappa shape index (κ2) is 6.51. The zero-order valence-corrected chi connectivity index (χ0v) is 14.1. The van der Waals surface area contributed by atoms with Crippen molar-refractivity contribution >= 4 is 30.2 Å². The molecular formula is C15H12IOTe. The summed E-state index contributed by atoms with van der Waals surface area (Å²) >= 11 is -0.402. The normalized spacial score (nSPS) is 13.1. The molecule has 91 valence electrons. The van der Waals surface area contributed by atoms with Gasteiger partial charge in [0, 0.05) is 0 Å². The molecular weight excluding hydrogens is 451 g/mol. The SMILES string of the molecule is C1=C(c2ccccc2)[OH+][Te]=C1c1ccccc1.[I-]. The maximum atomic E-state index is 4.72. The van der Waals surface area contributed by atoms with Crippen LogP contribution in [0, 0.1) is 0 Å². The van der Waals surface area contributed by atoms with Gasteiger partial charge in [-0.2, -0.15) is 0 Å². The fraction of sp³-hybridized carbons (Fsp3) is 0. The van der Waals surface area contributed by atoms with Gasteiger partial charge in [0.15, 0.2) is 0 Å². The van der Waals surface area contributed by atoms with Gasteiger partial charge in [0.1, 0.15) is 0 Å². The molecule has 18 heavy (non-hydrogen) atoms. The fourth-order valence-corrected chi connectivity index (χ4v) is 3.93. The van der Waals surface area contributed by atoms with E-state index in [0.717, 1.165) is 5.76 Å². The first kappa shape index (κ1) is 13.8. The monoisotopic (exact) mass is 465 g/mol. The van der Waals surface area contributed by atoms with Gasteiger partial charge in [-0.05, 0) is 0 Å². The summed E-state index contributed by atoms with van der Waals surface area (Å²) < 4.78 is 6.14. The van der Waals surface area contributed by atoms with E-state index in [4.69, 9.17) is 3.10 Å². The predicted octanol–water partition coefficient (Wildman–Crippen LogP) is -0.587. The maximum absolute atomic E-state index is 4.72. The van der Waals surface area contributed by atoms with Crippen LogP contribution in [0.3, 0.4) is 0 Å². The quantitative estimate of drug-likeness (QED) is 0.322. The first-order valence-electron chi connectivity index (χ1n) is 5.51. The molecule has 0 spiro atoms. The van der Waals surface area contributed by atoms with E-state index in [1.54, 1.807) is 0 Å². The maximum Gasteiger partial charge on any atom is -1.00 e. The van der Waals surface area contributed by atoms with E-state index in [-0.39, 0.29) is 24.0 Å². The third-order valence-corrected chi connectivity index (χ3v) is 5.03. The summed E-state index contributed by atoms with van der Waals surface area (Å²) in [5.41, 5.74) is 2.55. The molecule has 1 heterocycles. The van der Waals surface area contributed by atoms with E-state index in [0.29, 0.717) is 0 Å². The molecule has 2 aromatic carbocycles. The Labute approximate surface area is 134 Å². The van der Waals surface area contributed by atoms with Crippen LogP contribution >= 0.6 is 0 Å². The number of rotatable bonds is 2. The molecule has 1 N–H and O–H groups in total. The number of benzene rings is 2. The van der Waals surface area contributed by atoms with Crippen molar-refractivity contribution in [3.8, 4) is 0 Å². The van der Waals surface area contributed by atoms with E-state index in [2.05, 4.69) is 60.7 Å². The fourth-order valence-electron chi connectivity index (χ4n) is 1.76. The van der Waals surface area contributed by atoms with Crippen molar-refractivity contribution in [2.75, 3.05) is 0 Å². The Morgan fingerprint density at radius 2 is 1.28 bits per heavy atom. The van der Waals surface area contributed by atoms with Crippen LogP contribution in [-0.4, -0.2) is 27.5 Å². The third kappa shape index (κ3) is 3.03. The largest absolute Gasteiger partial charge is 1.00 e. The summed E-state index contributed by atoms with van der Waals surface area (Å²) in [6.45, 7) is 0. The van der Waals surface area contributed by atoms with Crippen LogP contribution in [0.25, 0.3) is 5.76 Å². The number of allylic oxidation sites excluding steroid dienone is 1. The summed E-state index contributed by atoms with van der Waals surface area (Å²) in [6, 6.07) is 21.0. The van der Waals surface area contributed by atoms with Gasteiger partial charge in [-0.3, -0.25) is 0 Å². The molecule has 0 aromatic heterocycles. The molecule has 1 aliphatic rings. The molecule has 0 saturated carbocycles. The molecule has 1 radical (unpaired) electrons. The van der Waals surface area contributed by atoms with Gasteiger partial charge in [-0.15, -0.1) is 0 Å². The Hall–Kier alpha value is -0.630. The van der Waals surface area contributed by atoms with Gasteiger partial charge in [0.05, 0.1) is 0 Å². The molecule has 0 unspecified atom stereocenters. The number of halogens is 1. The van der Waals surface area contributed by atoms with Crippen LogP contribution in [0.5, 0.6) is 0 Å². The average molecular weight is 463 g/mol. The topological polar surface area (TPSA) is 12.8 Å². The molecule has 2 aromatic rings. The van der Waals surface area contributed by atoms with Gasteiger partial charge >= 0.3 is 111 Å². The molecule has 0 atom stereocenters. The summed E-state index contributed by atoms with van der Waals surface area (Å²) in [5.74, 6) is 1.15. The van der Waals surface area contributed by atoms with Crippen molar-refractivity contribution < 1.29 is 27.1 Å². The average Bonchev–Trinajstić information content (AvgIpc) is 2.90. The van der Waals surface area contributed by atoms with Crippen LogP contribution in [0.2, 0.25) is 0 Å². The Morgan fingerprint density at radius 3 is 1.89 bits per heavy atom. The van der Waals surface area contributed by atoms with E-state index < -0.39 is 20.9 Å². The molecule has 0 fully saturated rings. The van der Waals surface area contributed by atoms with Crippen molar-refractivity contribution in [2.45, 2.75) is 0 Å². The predicted molar refractivity (Wildman–Crippen MR) is 72.9 cm³/mol. The van der Waals surface area contributed by atoms with Gasteiger partial charge in [0.25, 0.3) is 0 Å². The van der Waals surface area contributed by atoms with Gasteiger partial charge in [-0.25, -0.2) is 0 Å². The van der Waals surface area contributed by atoms with Crippen molar-refractivity contribution in [3.63, 3.8) is 0 Å². The molecule has 0 saturated heterocycles. The second-order valence-electron chi connectivity index (χ2n) is 3.81. The minimum atomic E-state index is -0.402. The van der Waals surface area contributed by atoms with Crippen LogP contribution in [0.1, 0.15) is 11.1 Å². The van der Waals surface area contributed by atoms with Gasteiger partial charge < -0.3 is 24.0 Å². The number of hydrogen-bond donors (Lipinski definition) is 0. The summed E-state index contributed by atoms with van der Waals surface area (Å²) in [4.78, 5) is 0. The summed E-state index contributed by atoms with van der Waals surface area (Å²) in [6.07, 6.45) is 2.24. The first-order valence-corrected chi connectivity index (χ1v) is 7.72. The van der Waals surface area contributed by atoms with Gasteiger partial charge in [-0.1, -0.05) is 0 Å². The van der Waals surface area contributed by atoms with Crippen LogP contribution in [0.15, 0.2) is 66.7 Å². The number of aliphatic hydroxyl groups is 1. The molecule has 3 heteroatoms. The molecule has 1 aliphatic heterocycles. The second-order valence-corrected chi connectivity index (χ2v) is 6.11. The third-order valence-electron chi connectivity index (χ3n) is 2.64. The zero-order valence-electron chi connectivity index (χ0n) is 9.58. The van der Waals surface area contributed by atoms with Crippen LogP contribution in [-0.2, 0) is 0 Å². The Bertz CT molecular complexity index is 576. The Balaban J connectivity index is 0.00000120.